The van der Waals surface area contributed by atoms with Crippen LogP contribution in [0.5, 0.6) is 0 Å². The lowest BCUT2D eigenvalue weighted by Gasteiger charge is -2.41. The lowest BCUT2D eigenvalue weighted by atomic mass is 9.93. The molecule has 0 radical (unpaired) electrons. The minimum atomic E-state index is -8.93. The van der Waals surface area contributed by atoms with Crippen LogP contribution in [-0.4, -0.2) is 126 Å². The summed E-state index contributed by atoms with van der Waals surface area (Å²) in [7, 11) is -7.40. The van der Waals surface area contributed by atoms with Crippen LogP contribution in [-0.2, 0) is 4.57 Å². The highest BCUT2D eigenvalue weighted by atomic mass is 31.2. The molecule has 0 amide bonds. The summed E-state index contributed by atoms with van der Waals surface area (Å²) in [6, 6.07) is 0. The normalized spacial score (nSPS) is 17.0. The second-order valence-electron chi connectivity index (χ2n) is 13.0. The van der Waals surface area contributed by atoms with Crippen LogP contribution >= 0.6 is 7.14 Å². The van der Waals surface area contributed by atoms with Crippen molar-refractivity contribution in [3.8, 4) is 0 Å². The maximum absolute atomic E-state index is 14.3. The van der Waals surface area contributed by atoms with Crippen molar-refractivity contribution in [3.05, 3.63) is 0 Å². The van der Waals surface area contributed by atoms with E-state index in [2.05, 4.69) is 0 Å². The van der Waals surface area contributed by atoms with Gasteiger partial charge in [0, 0.05) is 37.7 Å². The van der Waals surface area contributed by atoms with E-state index >= 15 is 0 Å². The maximum Gasteiger partial charge on any atom is 0.460 e. The summed E-state index contributed by atoms with van der Waals surface area (Å²) in [6.45, 7) is 0. The van der Waals surface area contributed by atoms with Gasteiger partial charge in [-0.25, -0.2) is 0 Å². The zero-order chi connectivity index (χ0) is 53.7. The molecule has 0 atom stereocenters. The minimum absolute atomic E-state index is 3.77. The van der Waals surface area contributed by atoms with E-state index in [9.17, 15) is 176 Å². The first-order chi connectivity index (χ1) is 27.4. The molecular formula is C24H12F39OP. The summed E-state index contributed by atoms with van der Waals surface area (Å²) < 4.78 is 536. The Morgan fingerprint density at radius 1 is 0.200 bits per heavy atom. The largest absolute Gasteiger partial charge is 0.460 e. The molecule has 0 aromatic rings. The molecule has 1 nitrogen and oxygen atoms in total. The van der Waals surface area contributed by atoms with Gasteiger partial charge in [0.15, 0.2) is 0 Å². The topological polar surface area (TPSA) is 17.1 Å². The summed E-state index contributed by atoms with van der Waals surface area (Å²) >= 11 is 0. The second-order valence-corrected chi connectivity index (χ2v) is 16.4. The molecule has 0 rings (SSSR count). The number of rotatable bonds is 21. The molecule has 0 aliphatic rings. The van der Waals surface area contributed by atoms with Crippen LogP contribution in [0.15, 0.2) is 0 Å². The first-order valence-corrected chi connectivity index (χ1v) is 17.1. The average Bonchev–Trinajstić information content (AvgIpc) is 3.06. The maximum atomic E-state index is 14.3. The molecule has 0 spiro atoms. The number of halogens is 39. The Morgan fingerprint density at radius 2 is 0.323 bits per heavy atom. The average molecular weight is 1090 g/mol. The van der Waals surface area contributed by atoms with Crippen LogP contribution < -0.4 is 0 Å². The van der Waals surface area contributed by atoms with E-state index in [0.717, 1.165) is 0 Å². The highest BCUT2D eigenvalue weighted by molar-refractivity contribution is 7.63. The highest BCUT2D eigenvalue weighted by Crippen LogP contribution is 2.66. The van der Waals surface area contributed by atoms with Gasteiger partial charge in [0.25, 0.3) is 0 Å². The van der Waals surface area contributed by atoms with Gasteiger partial charge in [0.2, 0.25) is 0 Å². The zero-order valence-corrected chi connectivity index (χ0v) is 29.7. The van der Waals surface area contributed by atoms with Crippen LogP contribution in [0.4, 0.5) is 171 Å². The fourth-order valence-electron chi connectivity index (χ4n) is 4.25. The monoisotopic (exact) mass is 1090 g/mol. The van der Waals surface area contributed by atoms with Gasteiger partial charge in [-0.1, -0.05) is 0 Å². The summed E-state index contributed by atoms with van der Waals surface area (Å²) in [5.74, 6) is -129. The molecule has 0 aliphatic carbocycles. The third kappa shape index (κ3) is 9.24. The molecule has 0 fully saturated rings. The van der Waals surface area contributed by atoms with Crippen LogP contribution in [0.2, 0.25) is 0 Å². The second kappa shape index (κ2) is 16.3. The molecule has 0 unspecified atom stereocenters. The van der Waals surface area contributed by atoms with Crippen molar-refractivity contribution in [1.82, 2.24) is 0 Å². The molecule has 0 aromatic carbocycles. The smallest absolute Gasteiger partial charge is 0.324 e. The zero-order valence-electron chi connectivity index (χ0n) is 28.8. The Bertz CT molecular complexity index is 1510. The third-order valence-corrected chi connectivity index (χ3v) is 11.6. The van der Waals surface area contributed by atoms with Crippen LogP contribution in [0.25, 0.3) is 0 Å². The third-order valence-electron chi connectivity index (χ3n) is 8.50. The van der Waals surface area contributed by atoms with E-state index in [4.69, 9.17) is 0 Å². The van der Waals surface area contributed by atoms with Crippen molar-refractivity contribution < 1.29 is 176 Å². The molecule has 65 heavy (non-hydrogen) atoms. The number of alkyl halides is 39. The van der Waals surface area contributed by atoms with Crippen molar-refractivity contribution in [2.45, 2.75) is 127 Å². The predicted molar refractivity (Wildman–Crippen MR) is 128 cm³/mol. The van der Waals surface area contributed by atoms with E-state index in [1.807, 2.05) is 0 Å². The summed E-state index contributed by atoms with van der Waals surface area (Å²) in [5, 5.41) is 0. The fraction of sp³-hybridized carbons (Fsp3) is 1.00. The molecule has 392 valence electrons. The van der Waals surface area contributed by atoms with Crippen LogP contribution in [0.1, 0.15) is 19.3 Å². The Hall–Kier alpha value is -2.50. The minimum Gasteiger partial charge on any atom is -0.324 e. The summed E-state index contributed by atoms with van der Waals surface area (Å²) in [6.07, 6.45) is -48.7. The van der Waals surface area contributed by atoms with Crippen molar-refractivity contribution in [2.24, 2.45) is 0 Å². The van der Waals surface area contributed by atoms with Crippen molar-refractivity contribution >= 4 is 7.14 Å². The molecule has 0 heterocycles. The van der Waals surface area contributed by atoms with Gasteiger partial charge in [0.1, 0.15) is 0 Å². The molecule has 0 saturated carbocycles. The molecule has 0 aromatic heterocycles. The molecule has 41 heteroatoms. The van der Waals surface area contributed by atoms with Gasteiger partial charge in [0.05, 0.1) is 7.14 Å². The predicted octanol–water partition coefficient (Wildman–Crippen LogP) is 14.7. The number of hydrogen-bond donors (Lipinski definition) is 0. The first kappa shape index (κ1) is 62.5. The van der Waals surface area contributed by atoms with Gasteiger partial charge < -0.3 is 4.57 Å². The van der Waals surface area contributed by atoms with E-state index in [0.29, 0.717) is 0 Å². The summed E-state index contributed by atoms with van der Waals surface area (Å²) in [5.41, 5.74) is 0. The molecular weight excluding hydrogens is 1080 g/mol. The van der Waals surface area contributed by atoms with Crippen molar-refractivity contribution in [2.75, 3.05) is 18.5 Å². The van der Waals surface area contributed by atoms with Crippen LogP contribution in [0, 0.1) is 0 Å². The van der Waals surface area contributed by atoms with Gasteiger partial charge in [-0.2, -0.15) is 171 Å². The molecule has 0 bridgehead atoms. The Morgan fingerprint density at radius 3 is 0.446 bits per heavy atom. The lowest BCUT2D eigenvalue weighted by Crippen LogP contribution is -2.70. The van der Waals surface area contributed by atoms with Gasteiger partial charge in [-0.15, -0.1) is 0 Å². The van der Waals surface area contributed by atoms with Gasteiger partial charge >= 0.3 is 107 Å². The Labute approximate surface area is 329 Å². The SMILES string of the molecule is O=P(CCC(F)(F)C(F)(F)C(F)(F)C(F)(F)C(F)(F)C(F)(F)F)(CCC(F)(F)C(F)(F)C(F)(F)C(F)(F)C(F)(F)C(F)(F)F)CCC(F)(F)C(F)(F)C(F)(F)C(F)(F)C(F)(F)C(F)(F)F. The lowest BCUT2D eigenvalue weighted by molar-refractivity contribution is -0.440. The van der Waals surface area contributed by atoms with E-state index in [1.165, 1.54) is 0 Å². The quantitative estimate of drug-likeness (QED) is 0.0827. The van der Waals surface area contributed by atoms with E-state index in [1.54, 1.807) is 0 Å². The standard InChI is InChI=1S/C24H12F39OP/c25-7(26,10(31,32)13(37,38)16(43,44)19(49,50)22(55,56)57)1-4-65(64,5-2-8(27,28)11(33,34)14(39,40)17(45,46)20(51,52)23(58,59)60)6-3-9(29,30)12(35,36)15(41,42)18(47,48)21(53,54)24(61,62)63/h1-6H2. The highest BCUT2D eigenvalue weighted by Gasteiger charge is 2.93. The Balaban J connectivity index is 7.71. The van der Waals surface area contributed by atoms with Gasteiger partial charge in [-0.3, -0.25) is 0 Å². The van der Waals surface area contributed by atoms with E-state index < -0.39 is 152 Å². The Kier molecular flexibility index (Phi) is 15.7. The molecule has 0 N–H and O–H groups in total. The van der Waals surface area contributed by atoms with Gasteiger partial charge in [-0.05, 0) is 0 Å². The summed E-state index contributed by atoms with van der Waals surface area (Å²) in [4.78, 5) is 0. The van der Waals surface area contributed by atoms with Crippen molar-refractivity contribution in [3.63, 3.8) is 0 Å². The molecule has 0 saturated heterocycles. The van der Waals surface area contributed by atoms with Crippen molar-refractivity contribution in [1.29, 1.82) is 0 Å². The number of hydrogen-bond acceptors (Lipinski definition) is 1. The first-order valence-electron chi connectivity index (χ1n) is 14.8. The van der Waals surface area contributed by atoms with E-state index in [-0.39, 0.29) is 0 Å². The fourth-order valence-corrected chi connectivity index (χ4v) is 6.98. The molecule has 0 aliphatic heterocycles. The van der Waals surface area contributed by atoms with Crippen LogP contribution in [0.3, 0.4) is 0 Å².